The standard InChI is InChI=1S/C20H19N3O2/c1-13-9-16(6-5-15(13)10-14(2)23(3)4)19-8-7-18(25-19)11-17(12-21)20(22)24/h5-11H,1-2H2,3-4H3,(H2,22,24)/b15-10-,17-11+. The molecule has 5 nitrogen and oxygen atoms in total. The summed E-state index contributed by atoms with van der Waals surface area (Å²) in [5, 5.41) is 10.7. The maximum Gasteiger partial charge on any atom is 0.259 e. The third-order valence-corrected chi connectivity index (χ3v) is 3.62. The number of benzene rings is 1. The topological polar surface area (TPSA) is 83.3 Å². The van der Waals surface area contributed by atoms with Crippen LogP contribution in [0.3, 0.4) is 0 Å². The van der Waals surface area contributed by atoms with Crippen LogP contribution in [-0.4, -0.2) is 24.9 Å². The Morgan fingerprint density at radius 1 is 1.32 bits per heavy atom. The maximum absolute atomic E-state index is 11.1. The predicted molar refractivity (Wildman–Crippen MR) is 99.0 cm³/mol. The molecular formula is C20H19N3O2. The molecule has 0 bridgehead atoms. The largest absolute Gasteiger partial charge is 0.457 e. The maximum atomic E-state index is 11.1. The Balaban J connectivity index is 2.38. The molecule has 0 atom stereocenters. The van der Waals surface area contributed by atoms with Crippen molar-refractivity contribution in [2.24, 2.45) is 5.73 Å². The number of allylic oxidation sites excluding steroid dienone is 1. The van der Waals surface area contributed by atoms with E-state index >= 15 is 0 Å². The van der Waals surface area contributed by atoms with E-state index in [9.17, 15) is 4.79 Å². The Morgan fingerprint density at radius 3 is 2.60 bits per heavy atom. The average molecular weight is 333 g/mol. The van der Waals surface area contributed by atoms with Gasteiger partial charge in [-0.2, -0.15) is 5.26 Å². The summed E-state index contributed by atoms with van der Waals surface area (Å²) in [5.74, 6) is 0.199. The average Bonchev–Trinajstić information content (AvgIpc) is 3.02. The van der Waals surface area contributed by atoms with Crippen LogP contribution in [0, 0.1) is 11.3 Å². The van der Waals surface area contributed by atoms with Crippen LogP contribution in [0.5, 0.6) is 0 Å². The van der Waals surface area contributed by atoms with Crippen molar-refractivity contribution >= 4 is 24.6 Å². The van der Waals surface area contributed by atoms with Crippen LogP contribution in [0.2, 0.25) is 0 Å². The summed E-state index contributed by atoms with van der Waals surface area (Å²) in [6.45, 7) is 8.04. The summed E-state index contributed by atoms with van der Waals surface area (Å²) in [7, 11) is 3.85. The van der Waals surface area contributed by atoms with E-state index in [0.717, 1.165) is 21.7 Å². The van der Waals surface area contributed by atoms with Crippen molar-refractivity contribution in [2.75, 3.05) is 14.1 Å². The number of carbonyl (C=O) groups is 1. The lowest BCUT2D eigenvalue weighted by molar-refractivity contribution is -0.114. The van der Waals surface area contributed by atoms with Gasteiger partial charge in [-0.05, 0) is 34.7 Å². The zero-order valence-corrected chi connectivity index (χ0v) is 14.2. The molecule has 126 valence electrons. The van der Waals surface area contributed by atoms with Crippen molar-refractivity contribution < 1.29 is 9.21 Å². The van der Waals surface area contributed by atoms with Crippen molar-refractivity contribution in [1.82, 2.24) is 4.90 Å². The summed E-state index contributed by atoms with van der Waals surface area (Å²) in [5.41, 5.74) is 6.67. The minimum atomic E-state index is -0.790. The van der Waals surface area contributed by atoms with Gasteiger partial charge in [-0.25, -0.2) is 0 Å². The lowest BCUT2D eigenvalue weighted by Crippen LogP contribution is -2.24. The Hall–Kier alpha value is -3.52. The summed E-state index contributed by atoms with van der Waals surface area (Å²) in [4.78, 5) is 13.0. The summed E-state index contributed by atoms with van der Waals surface area (Å²) in [6.07, 6.45) is 3.27. The van der Waals surface area contributed by atoms with Gasteiger partial charge in [0.15, 0.2) is 0 Å². The molecule has 0 aliphatic rings. The lowest BCUT2D eigenvalue weighted by atomic mass is 10.1. The van der Waals surface area contributed by atoms with Crippen molar-refractivity contribution in [3.05, 3.63) is 64.4 Å². The molecule has 25 heavy (non-hydrogen) atoms. The number of furan rings is 1. The molecule has 0 fully saturated rings. The van der Waals surface area contributed by atoms with Gasteiger partial charge in [0.1, 0.15) is 23.2 Å². The van der Waals surface area contributed by atoms with E-state index in [1.54, 1.807) is 18.2 Å². The first kappa shape index (κ1) is 17.8. The predicted octanol–water partition coefficient (Wildman–Crippen LogP) is 1.60. The molecule has 0 unspecified atom stereocenters. The van der Waals surface area contributed by atoms with Gasteiger partial charge in [0.05, 0.1) is 0 Å². The quantitative estimate of drug-likeness (QED) is 0.665. The third kappa shape index (κ3) is 4.27. The highest BCUT2D eigenvalue weighted by Gasteiger charge is 2.07. The number of nitrogens with zero attached hydrogens (tertiary/aromatic N) is 2. The number of rotatable bonds is 5. The van der Waals surface area contributed by atoms with Gasteiger partial charge in [0.25, 0.3) is 5.91 Å². The van der Waals surface area contributed by atoms with Crippen LogP contribution >= 0.6 is 0 Å². The van der Waals surface area contributed by atoms with Crippen molar-refractivity contribution in [3.63, 3.8) is 0 Å². The fourth-order valence-electron chi connectivity index (χ4n) is 2.09. The van der Waals surface area contributed by atoms with E-state index in [4.69, 9.17) is 15.4 Å². The van der Waals surface area contributed by atoms with Gasteiger partial charge in [-0.3, -0.25) is 4.79 Å². The van der Waals surface area contributed by atoms with E-state index in [0.29, 0.717) is 11.5 Å². The number of nitrogens with two attached hydrogens (primary N) is 1. The van der Waals surface area contributed by atoms with Crippen LogP contribution < -0.4 is 16.2 Å². The van der Waals surface area contributed by atoms with Gasteiger partial charge in [0.2, 0.25) is 0 Å². The number of nitriles is 1. The van der Waals surface area contributed by atoms with E-state index in [1.807, 2.05) is 43.3 Å². The molecule has 0 saturated carbocycles. The van der Waals surface area contributed by atoms with Crippen LogP contribution in [0.1, 0.15) is 5.76 Å². The highest BCUT2D eigenvalue weighted by molar-refractivity contribution is 6.00. The Bertz CT molecular complexity index is 1000. The number of primary amides is 1. The summed E-state index contributed by atoms with van der Waals surface area (Å²) >= 11 is 0. The second kappa shape index (κ2) is 7.37. The molecule has 1 aromatic heterocycles. The Morgan fingerprint density at radius 2 is 2.04 bits per heavy atom. The number of amides is 1. The Labute approximate surface area is 146 Å². The molecular weight excluding hydrogens is 314 g/mol. The minimum Gasteiger partial charge on any atom is -0.457 e. The number of hydrogen-bond acceptors (Lipinski definition) is 4. The molecule has 0 saturated heterocycles. The van der Waals surface area contributed by atoms with E-state index in [1.165, 1.54) is 6.08 Å². The van der Waals surface area contributed by atoms with E-state index < -0.39 is 5.91 Å². The monoisotopic (exact) mass is 333 g/mol. The van der Waals surface area contributed by atoms with Crippen molar-refractivity contribution in [2.45, 2.75) is 0 Å². The molecule has 2 aromatic rings. The Kier molecular flexibility index (Phi) is 5.25. The summed E-state index contributed by atoms with van der Waals surface area (Å²) < 4.78 is 5.67. The second-order valence-electron chi connectivity index (χ2n) is 5.68. The normalized spacial score (nSPS) is 11.9. The SMILES string of the molecule is C=C(/C=c1/ccc(-c2ccc(/C=C(\C#N)C(N)=O)o2)cc1=C)N(C)C. The third-order valence-electron chi connectivity index (χ3n) is 3.62. The fraction of sp³-hybridized carbons (Fsp3) is 0.100. The van der Waals surface area contributed by atoms with E-state index in [-0.39, 0.29) is 5.57 Å². The molecule has 2 N–H and O–H groups in total. The molecule has 0 radical (unpaired) electrons. The van der Waals surface area contributed by atoms with Gasteiger partial charge < -0.3 is 15.1 Å². The van der Waals surface area contributed by atoms with Gasteiger partial charge in [-0.15, -0.1) is 0 Å². The molecule has 0 aliphatic heterocycles. The first-order valence-electron chi connectivity index (χ1n) is 7.50. The zero-order valence-electron chi connectivity index (χ0n) is 14.2. The molecule has 2 rings (SSSR count). The van der Waals surface area contributed by atoms with E-state index in [2.05, 4.69) is 13.2 Å². The molecule has 0 aliphatic carbocycles. The molecule has 1 amide bonds. The molecule has 1 heterocycles. The molecule has 5 heteroatoms. The molecule has 0 spiro atoms. The van der Waals surface area contributed by atoms with Crippen LogP contribution in [0.25, 0.3) is 30.1 Å². The minimum absolute atomic E-state index is 0.161. The van der Waals surface area contributed by atoms with Gasteiger partial charge in [0, 0.05) is 31.4 Å². The van der Waals surface area contributed by atoms with Gasteiger partial charge >= 0.3 is 0 Å². The second-order valence-corrected chi connectivity index (χ2v) is 5.68. The number of carbonyl (C=O) groups excluding carboxylic acids is 1. The van der Waals surface area contributed by atoms with Crippen molar-refractivity contribution in [1.29, 1.82) is 5.26 Å². The van der Waals surface area contributed by atoms with Crippen LogP contribution in [-0.2, 0) is 4.79 Å². The lowest BCUT2D eigenvalue weighted by Gasteiger charge is -2.11. The smallest absolute Gasteiger partial charge is 0.259 e. The van der Waals surface area contributed by atoms with Crippen LogP contribution in [0.15, 0.2) is 52.6 Å². The van der Waals surface area contributed by atoms with Crippen molar-refractivity contribution in [3.8, 4) is 17.4 Å². The fourth-order valence-corrected chi connectivity index (χ4v) is 2.09. The highest BCUT2D eigenvalue weighted by atomic mass is 16.3. The van der Waals surface area contributed by atoms with Gasteiger partial charge in [-0.1, -0.05) is 25.3 Å². The summed E-state index contributed by atoms with van der Waals surface area (Å²) in [6, 6.07) is 10.9. The number of hydrogen-bond donors (Lipinski definition) is 1. The zero-order chi connectivity index (χ0) is 18.6. The first-order valence-corrected chi connectivity index (χ1v) is 7.50. The van der Waals surface area contributed by atoms with Crippen LogP contribution in [0.4, 0.5) is 0 Å². The molecule has 1 aromatic carbocycles. The first-order chi connectivity index (χ1) is 11.8. The highest BCUT2D eigenvalue weighted by Crippen LogP contribution is 2.21.